The van der Waals surface area contributed by atoms with Crippen molar-refractivity contribution in [2.24, 2.45) is 0 Å². The van der Waals surface area contributed by atoms with Crippen LogP contribution >= 0.6 is 0 Å². The maximum absolute atomic E-state index is 11.8. The zero-order valence-corrected chi connectivity index (χ0v) is 12.6. The van der Waals surface area contributed by atoms with E-state index in [0.717, 1.165) is 0 Å². The summed E-state index contributed by atoms with van der Waals surface area (Å²) in [4.78, 5) is 35.2. The van der Waals surface area contributed by atoms with E-state index in [0.29, 0.717) is 10.9 Å². The van der Waals surface area contributed by atoms with E-state index in [9.17, 15) is 14.4 Å². The minimum absolute atomic E-state index is 0.0816. The fourth-order valence-electron chi connectivity index (χ4n) is 2.20. The number of para-hydroxylation sites is 1. The molecule has 2 amide bonds. The molecule has 0 bridgehead atoms. The average molecular weight is 326 g/mol. The predicted octanol–water partition coefficient (Wildman–Crippen LogP) is 0.841. The third-order valence-electron chi connectivity index (χ3n) is 3.37. The molecule has 0 spiro atoms. The van der Waals surface area contributed by atoms with E-state index in [-0.39, 0.29) is 30.1 Å². The van der Waals surface area contributed by atoms with Crippen LogP contribution in [0.3, 0.4) is 0 Å². The first-order valence-electron chi connectivity index (χ1n) is 7.23. The Morgan fingerprint density at radius 1 is 1.12 bits per heavy atom. The van der Waals surface area contributed by atoms with Crippen LogP contribution in [-0.4, -0.2) is 21.6 Å². The summed E-state index contributed by atoms with van der Waals surface area (Å²) in [5.41, 5.74) is 5.04. The van der Waals surface area contributed by atoms with Gasteiger partial charge in [0.25, 0.3) is 0 Å². The molecular weight excluding hydrogens is 312 g/mol. The van der Waals surface area contributed by atoms with E-state index < -0.39 is 5.91 Å². The zero-order chi connectivity index (χ0) is 16.9. The van der Waals surface area contributed by atoms with Crippen molar-refractivity contribution in [2.75, 3.05) is 0 Å². The van der Waals surface area contributed by atoms with Crippen LogP contribution in [0, 0.1) is 0 Å². The smallest absolute Gasteiger partial charge is 0.305 e. The SMILES string of the molecule is O=C(CCn1ncc(=O)c2ccccc21)NNC(=O)c1ccco1. The molecule has 0 saturated heterocycles. The van der Waals surface area contributed by atoms with Gasteiger partial charge < -0.3 is 4.42 Å². The van der Waals surface area contributed by atoms with E-state index in [1.165, 1.54) is 18.5 Å². The summed E-state index contributed by atoms with van der Waals surface area (Å²) in [6, 6.07) is 10.1. The van der Waals surface area contributed by atoms with Gasteiger partial charge in [0.05, 0.1) is 24.5 Å². The number of furan rings is 1. The summed E-state index contributed by atoms with van der Waals surface area (Å²) in [5.74, 6) is -0.830. The van der Waals surface area contributed by atoms with Crippen LogP contribution in [0.5, 0.6) is 0 Å². The van der Waals surface area contributed by atoms with Crippen LogP contribution < -0.4 is 16.3 Å². The van der Waals surface area contributed by atoms with Crippen molar-refractivity contribution in [1.29, 1.82) is 0 Å². The number of hydrogen-bond acceptors (Lipinski definition) is 5. The van der Waals surface area contributed by atoms with Crippen LogP contribution in [0.1, 0.15) is 17.0 Å². The summed E-state index contributed by atoms with van der Waals surface area (Å²) in [7, 11) is 0. The molecule has 3 rings (SSSR count). The molecule has 8 heteroatoms. The van der Waals surface area contributed by atoms with Crippen LogP contribution in [0.2, 0.25) is 0 Å². The standard InChI is InChI=1S/C16H14N4O4/c21-13-10-17-20(12-5-2-1-4-11(12)13)8-7-15(22)18-19-16(23)14-6-3-9-24-14/h1-6,9-10H,7-8H2,(H,18,22)(H,19,23). The highest BCUT2D eigenvalue weighted by Gasteiger charge is 2.10. The Balaban J connectivity index is 1.60. The number of amides is 2. The summed E-state index contributed by atoms with van der Waals surface area (Å²) in [6.45, 7) is 0.267. The molecule has 0 radical (unpaired) electrons. The second-order valence-corrected chi connectivity index (χ2v) is 4.98. The third kappa shape index (κ3) is 3.32. The molecule has 2 N–H and O–H groups in total. The molecule has 2 heterocycles. The van der Waals surface area contributed by atoms with Gasteiger partial charge in [0.1, 0.15) is 0 Å². The lowest BCUT2D eigenvalue weighted by atomic mass is 10.2. The monoisotopic (exact) mass is 326 g/mol. The molecule has 24 heavy (non-hydrogen) atoms. The molecule has 0 aliphatic heterocycles. The molecule has 0 fully saturated rings. The van der Waals surface area contributed by atoms with Gasteiger partial charge in [-0.25, -0.2) is 0 Å². The maximum atomic E-state index is 11.8. The Bertz CT molecular complexity index is 931. The number of hydrogen-bond donors (Lipinski definition) is 2. The highest BCUT2D eigenvalue weighted by Crippen LogP contribution is 2.08. The van der Waals surface area contributed by atoms with E-state index >= 15 is 0 Å². The van der Waals surface area contributed by atoms with Gasteiger partial charge in [-0.2, -0.15) is 5.10 Å². The minimum atomic E-state index is -0.541. The van der Waals surface area contributed by atoms with E-state index in [4.69, 9.17) is 4.42 Å². The molecule has 0 unspecified atom stereocenters. The Morgan fingerprint density at radius 2 is 1.96 bits per heavy atom. The largest absolute Gasteiger partial charge is 0.459 e. The quantitative estimate of drug-likeness (QED) is 0.691. The Hall–Kier alpha value is -3.42. The van der Waals surface area contributed by atoms with Gasteiger partial charge in [0, 0.05) is 11.8 Å². The Kier molecular flexibility index (Phi) is 4.37. The van der Waals surface area contributed by atoms with E-state index in [1.807, 2.05) is 0 Å². The number of carbonyl (C=O) groups is 2. The molecule has 122 valence electrons. The number of fused-ring (bicyclic) bond motifs is 1. The Labute approximate surface area is 136 Å². The fraction of sp³-hybridized carbons (Fsp3) is 0.125. The summed E-state index contributed by atoms with van der Waals surface area (Å²) in [6.07, 6.45) is 2.67. The zero-order valence-electron chi connectivity index (χ0n) is 12.6. The van der Waals surface area contributed by atoms with Crippen molar-refractivity contribution in [2.45, 2.75) is 13.0 Å². The second kappa shape index (κ2) is 6.78. The molecule has 0 atom stereocenters. The van der Waals surface area contributed by atoms with E-state index in [1.54, 1.807) is 35.0 Å². The van der Waals surface area contributed by atoms with Gasteiger partial charge in [0.15, 0.2) is 5.76 Å². The number of hydrazine groups is 1. The van der Waals surface area contributed by atoms with Crippen molar-refractivity contribution in [3.63, 3.8) is 0 Å². The van der Waals surface area contributed by atoms with Crippen molar-refractivity contribution in [3.05, 3.63) is 64.8 Å². The van der Waals surface area contributed by atoms with Crippen molar-refractivity contribution in [3.8, 4) is 0 Å². The summed E-state index contributed by atoms with van der Waals surface area (Å²) >= 11 is 0. The van der Waals surface area contributed by atoms with Crippen molar-refractivity contribution >= 4 is 22.7 Å². The number of benzene rings is 1. The number of rotatable bonds is 4. The first-order chi connectivity index (χ1) is 11.6. The van der Waals surface area contributed by atoms with E-state index in [2.05, 4.69) is 16.0 Å². The first kappa shape index (κ1) is 15.5. The third-order valence-corrected chi connectivity index (χ3v) is 3.37. The van der Waals surface area contributed by atoms with Crippen molar-refractivity contribution in [1.82, 2.24) is 20.6 Å². The molecule has 0 saturated carbocycles. The molecule has 8 nitrogen and oxygen atoms in total. The minimum Gasteiger partial charge on any atom is -0.459 e. The molecule has 2 aromatic heterocycles. The molecule has 0 aliphatic rings. The van der Waals surface area contributed by atoms with Gasteiger partial charge in [-0.15, -0.1) is 0 Å². The van der Waals surface area contributed by atoms with Crippen LogP contribution in [0.4, 0.5) is 0 Å². The van der Waals surface area contributed by atoms with Crippen LogP contribution in [-0.2, 0) is 11.3 Å². The lowest BCUT2D eigenvalue weighted by Crippen LogP contribution is -2.41. The number of aryl methyl sites for hydroxylation is 1. The van der Waals surface area contributed by atoms with Crippen molar-refractivity contribution < 1.29 is 14.0 Å². The lowest BCUT2D eigenvalue weighted by molar-refractivity contribution is -0.122. The van der Waals surface area contributed by atoms with Gasteiger partial charge >= 0.3 is 5.91 Å². The number of aromatic nitrogens is 2. The van der Waals surface area contributed by atoms with Gasteiger partial charge in [0.2, 0.25) is 11.3 Å². The second-order valence-electron chi connectivity index (χ2n) is 4.98. The number of nitrogens with zero attached hydrogens (tertiary/aromatic N) is 2. The molecule has 0 aliphatic carbocycles. The Morgan fingerprint density at radius 3 is 2.75 bits per heavy atom. The highest BCUT2D eigenvalue weighted by atomic mass is 16.3. The van der Waals surface area contributed by atoms with Gasteiger partial charge in [-0.05, 0) is 24.3 Å². The normalized spacial score (nSPS) is 10.5. The predicted molar refractivity (Wildman–Crippen MR) is 84.9 cm³/mol. The lowest BCUT2D eigenvalue weighted by Gasteiger charge is -2.09. The topological polar surface area (TPSA) is 106 Å². The summed E-state index contributed by atoms with van der Waals surface area (Å²) in [5, 5.41) is 4.58. The maximum Gasteiger partial charge on any atom is 0.305 e. The average Bonchev–Trinajstić information content (AvgIpc) is 3.14. The number of carbonyl (C=O) groups excluding carboxylic acids is 2. The van der Waals surface area contributed by atoms with Crippen LogP contribution in [0.15, 0.2) is 58.1 Å². The first-order valence-corrected chi connectivity index (χ1v) is 7.23. The molecular formula is C16H14N4O4. The summed E-state index contributed by atoms with van der Waals surface area (Å²) < 4.78 is 6.48. The molecule has 1 aromatic carbocycles. The van der Waals surface area contributed by atoms with Crippen LogP contribution in [0.25, 0.3) is 10.9 Å². The molecule has 3 aromatic rings. The fourth-order valence-corrected chi connectivity index (χ4v) is 2.20. The van der Waals surface area contributed by atoms with Gasteiger partial charge in [-0.3, -0.25) is 29.9 Å². The van der Waals surface area contributed by atoms with Gasteiger partial charge in [-0.1, -0.05) is 12.1 Å². The highest BCUT2D eigenvalue weighted by molar-refractivity contribution is 5.92. The number of nitrogens with one attached hydrogen (secondary N) is 2.